The minimum Gasteiger partial charge on any atom is -0.353 e. The second-order valence-electron chi connectivity index (χ2n) is 6.79. The van der Waals surface area contributed by atoms with Crippen LogP contribution in [-0.4, -0.2) is 38.9 Å². The molecule has 158 valence electrons. The molecule has 29 heavy (non-hydrogen) atoms. The molecule has 0 aromatic heterocycles. The number of nitrogens with one attached hydrogen (secondary N) is 1. The molecule has 1 N–H and O–H groups in total. The summed E-state index contributed by atoms with van der Waals surface area (Å²) in [6, 6.07) is 12.5. The molecule has 2 aromatic rings. The summed E-state index contributed by atoms with van der Waals surface area (Å²) in [4.78, 5) is 12.7. The van der Waals surface area contributed by atoms with Crippen LogP contribution in [0.25, 0.3) is 0 Å². The first kappa shape index (κ1) is 23.2. The van der Waals surface area contributed by atoms with Crippen molar-refractivity contribution in [2.75, 3.05) is 22.9 Å². The van der Waals surface area contributed by atoms with Crippen LogP contribution in [0, 0.1) is 12.7 Å². The van der Waals surface area contributed by atoms with E-state index in [1.165, 1.54) is 35.4 Å². The van der Waals surface area contributed by atoms with Crippen molar-refractivity contribution in [2.24, 2.45) is 0 Å². The van der Waals surface area contributed by atoms with Gasteiger partial charge >= 0.3 is 0 Å². The number of sulfonamides is 1. The molecule has 1 amide bonds. The summed E-state index contributed by atoms with van der Waals surface area (Å²) in [5.74, 6) is 0.731. The lowest BCUT2D eigenvalue weighted by Gasteiger charge is -2.30. The third-order valence-corrected chi connectivity index (χ3v) is 6.52. The number of aryl methyl sites for hydroxylation is 1. The van der Waals surface area contributed by atoms with Crippen LogP contribution in [0.2, 0.25) is 0 Å². The highest BCUT2D eigenvalue weighted by Crippen LogP contribution is 2.23. The Morgan fingerprint density at radius 3 is 2.48 bits per heavy atom. The number of benzene rings is 2. The minimum atomic E-state index is -3.72. The summed E-state index contributed by atoms with van der Waals surface area (Å²) in [5.41, 5.74) is 2.71. The number of carbonyl (C=O) groups is 1. The van der Waals surface area contributed by atoms with E-state index < -0.39 is 21.9 Å². The molecule has 0 aliphatic carbocycles. The third kappa shape index (κ3) is 7.04. The first-order valence-corrected chi connectivity index (χ1v) is 12.4. The number of anilines is 1. The van der Waals surface area contributed by atoms with Gasteiger partial charge in [0.25, 0.3) is 0 Å². The van der Waals surface area contributed by atoms with Crippen LogP contribution in [0.3, 0.4) is 0 Å². The molecule has 5 nitrogen and oxygen atoms in total. The number of hydrogen-bond donors (Lipinski definition) is 1. The molecule has 0 saturated heterocycles. The fourth-order valence-corrected chi connectivity index (χ4v) is 5.02. The summed E-state index contributed by atoms with van der Waals surface area (Å²) in [6.07, 6.45) is 1.34. The van der Waals surface area contributed by atoms with E-state index in [-0.39, 0.29) is 11.6 Å². The van der Waals surface area contributed by atoms with Crippen molar-refractivity contribution in [2.45, 2.75) is 32.1 Å². The zero-order valence-corrected chi connectivity index (χ0v) is 18.5. The van der Waals surface area contributed by atoms with E-state index in [4.69, 9.17) is 0 Å². The van der Waals surface area contributed by atoms with Gasteiger partial charge in [0.1, 0.15) is 11.9 Å². The van der Waals surface area contributed by atoms with Gasteiger partial charge in [0.15, 0.2) is 0 Å². The molecule has 0 radical (unpaired) electrons. The van der Waals surface area contributed by atoms with Gasteiger partial charge in [0, 0.05) is 18.1 Å². The quantitative estimate of drug-likeness (QED) is 0.574. The molecule has 1 atom stereocenters. The summed E-state index contributed by atoms with van der Waals surface area (Å²) in [5, 5.41) is 2.83. The summed E-state index contributed by atoms with van der Waals surface area (Å²) >= 11 is 1.70. The number of carbonyl (C=O) groups excluding carboxylic acids is 1. The number of nitrogens with zero attached hydrogens (tertiary/aromatic N) is 1. The highest BCUT2D eigenvalue weighted by atomic mass is 32.2. The van der Waals surface area contributed by atoms with Crippen LogP contribution in [0.15, 0.2) is 48.5 Å². The lowest BCUT2D eigenvalue weighted by atomic mass is 10.2. The Bertz CT molecular complexity index is 918. The van der Waals surface area contributed by atoms with Crippen molar-refractivity contribution in [3.05, 3.63) is 65.5 Å². The highest BCUT2D eigenvalue weighted by Gasteiger charge is 2.31. The van der Waals surface area contributed by atoms with Gasteiger partial charge in [0.2, 0.25) is 15.9 Å². The SMILES string of the molecule is CC[C@@H](C(=O)NCCSCc1cccc(C)c1)N(c1ccc(F)cc1)S(C)(=O)=O. The minimum absolute atomic E-state index is 0.268. The predicted molar refractivity (Wildman–Crippen MR) is 118 cm³/mol. The van der Waals surface area contributed by atoms with Crippen LogP contribution in [-0.2, 0) is 20.6 Å². The van der Waals surface area contributed by atoms with Gasteiger partial charge in [0.05, 0.1) is 11.9 Å². The maximum absolute atomic E-state index is 13.2. The topological polar surface area (TPSA) is 66.5 Å². The molecule has 0 fully saturated rings. The van der Waals surface area contributed by atoms with Gasteiger partial charge < -0.3 is 5.32 Å². The molecular formula is C21H27FN2O3S2. The normalized spacial score (nSPS) is 12.4. The van der Waals surface area contributed by atoms with E-state index in [0.29, 0.717) is 18.7 Å². The van der Waals surface area contributed by atoms with E-state index >= 15 is 0 Å². The monoisotopic (exact) mass is 438 g/mol. The first-order valence-electron chi connectivity index (χ1n) is 9.38. The number of rotatable bonds is 10. The van der Waals surface area contributed by atoms with Crippen molar-refractivity contribution in [1.82, 2.24) is 5.32 Å². The number of halogens is 1. The maximum atomic E-state index is 13.2. The van der Waals surface area contributed by atoms with Crippen molar-refractivity contribution in [3.8, 4) is 0 Å². The molecule has 0 spiro atoms. The lowest BCUT2D eigenvalue weighted by Crippen LogP contribution is -2.49. The van der Waals surface area contributed by atoms with Crippen LogP contribution in [0.1, 0.15) is 24.5 Å². The van der Waals surface area contributed by atoms with Gasteiger partial charge in [-0.3, -0.25) is 9.10 Å². The summed E-state index contributed by atoms with van der Waals surface area (Å²) in [7, 11) is -3.72. The maximum Gasteiger partial charge on any atom is 0.243 e. The Morgan fingerprint density at radius 2 is 1.90 bits per heavy atom. The van der Waals surface area contributed by atoms with Crippen molar-refractivity contribution >= 4 is 33.4 Å². The Morgan fingerprint density at radius 1 is 1.21 bits per heavy atom. The molecule has 0 aliphatic heterocycles. The zero-order chi connectivity index (χ0) is 21.4. The second-order valence-corrected chi connectivity index (χ2v) is 9.76. The summed E-state index contributed by atoms with van der Waals surface area (Å²) < 4.78 is 38.9. The number of thioether (sulfide) groups is 1. The zero-order valence-electron chi connectivity index (χ0n) is 16.9. The fraction of sp³-hybridized carbons (Fsp3) is 0.381. The van der Waals surface area contributed by atoms with Gasteiger partial charge in [-0.2, -0.15) is 11.8 Å². The smallest absolute Gasteiger partial charge is 0.243 e. The second kappa shape index (κ2) is 10.6. The Balaban J connectivity index is 1.95. The highest BCUT2D eigenvalue weighted by molar-refractivity contribution is 7.98. The molecule has 0 heterocycles. The fourth-order valence-electron chi connectivity index (χ4n) is 3.00. The van der Waals surface area contributed by atoms with Crippen LogP contribution in [0.4, 0.5) is 10.1 Å². The van der Waals surface area contributed by atoms with E-state index in [1.807, 2.05) is 19.1 Å². The van der Waals surface area contributed by atoms with E-state index in [9.17, 15) is 17.6 Å². The predicted octanol–water partition coefficient (Wildman–Crippen LogP) is 3.73. The molecule has 0 saturated carbocycles. The van der Waals surface area contributed by atoms with Crippen LogP contribution in [0.5, 0.6) is 0 Å². The molecule has 2 rings (SSSR count). The van der Waals surface area contributed by atoms with Crippen molar-refractivity contribution in [1.29, 1.82) is 0 Å². The van der Waals surface area contributed by atoms with E-state index in [1.54, 1.807) is 18.7 Å². The van der Waals surface area contributed by atoms with E-state index in [0.717, 1.165) is 16.3 Å². The van der Waals surface area contributed by atoms with Gasteiger partial charge in [-0.1, -0.05) is 36.8 Å². The molecule has 8 heteroatoms. The third-order valence-electron chi connectivity index (χ3n) is 4.31. The standard InChI is InChI=1S/C21H27FN2O3S2/c1-4-20(24(29(3,26)27)19-10-8-18(22)9-11-19)21(25)23-12-13-28-15-17-7-5-6-16(2)14-17/h5-11,14,20H,4,12-13,15H2,1-3H3,(H,23,25)/t20-/m0/s1. The molecule has 0 unspecified atom stereocenters. The van der Waals surface area contributed by atoms with Gasteiger partial charge in [-0.05, 0) is 43.2 Å². The van der Waals surface area contributed by atoms with Crippen LogP contribution >= 0.6 is 11.8 Å². The molecule has 2 aromatic carbocycles. The van der Waals surface area contributed by atoms with Crippen molar-refractivity contribution in [3.63, 3.8) is 0 Å². The Kier molecular flexibility index (Phi) is 8.52. The van der Waals surface area contributed by atoms with Gasteiger partial charge in [-0.25, -0.2) is 12.8 Å². The lowest BCUT2D eigenvalue weighted by molar-refractivity contribution is -0.122. The van der Waals surface area contributed by atoms with Crippen molar-refractivity contribution < 1.29 is 17.6 Å². The molecular weight excluding hydrogens is 411 g/mol. The largest absolute Gasteiger partial charge is 0.353 e. The Hall–Kier alpha value is -2.06. The molecule has 0 aliphatic rings. The average molecular weight is 439 g/mol. The molecule has 0 bridgehead atoms. The van der Waals surface area contributed by atoms with E-state index in [2.05, 4.69) is 17.4 Å². The van der Waals surface area contributed by atoms with Crippen LogP contribution < -0.4 is 9.62 Å². The summed E-state index contributed by atoms with van der Waals surface area (Å²) in [6.45, 7) is 4.24. The number of amides is 1. The van der Waals surface area contributed by atoms with Gasteiger partial charge in [-0.15, -0.1) is 0 Å². The average Bonchev–Trinajstić information content (AvgIpc) is 2.65. The Labute approximate surface area is 176 Å². The first-order chi connectivity index (χ1) is 13.7. The number of hydrogen-bond acceptors (Lipinski definition) is 4.